The predicted octanol–water partition coefficient (Wildman–Crippen LogP) is 2.89. The van der Waals surface area contributed by atoms with Gasteiger partial charge in [0.25, 0.3) is 0 Å². The van der Waals surface area contributed by atoms with E-state index in [0.717, 1.165) is 43.3 Å². The molecule has 0 bridgehead atoms. The molecular formula is C15H24N2O2. The molecule has 1 fully saturated rings. The number of nitrogens with two attached hydrogens (primary N) is 1. The van der Waals surface area contributed by atoms with Crippen molar-refractivity contribution in [1.29, 1.82) is 0 Å². The van der Waals surface area contributed by atoms with Gasteiger partial charge in [0.15, 0.2) is 0 Å². The molecule has 106 valence electrons. The van der Waals surface area contributed by atoms with Gasteiger partial charge in [-0.1, -0.05) is 0 Å². The van der Waals surface area contributed by atoms with Gasteiger partial charge < -0.3 is 20.5 Å². The van der Waals surface area contributed by atoms with Crippen LogP contribution >= 0.6 is 0 Å². The summed E-state index contributed by atoms with van der Waals surface area (Å²) in [4.78, 5) is 0. The minimum atomic E-state index is 0.158. The molecule has 19 heavy (non-hydrogen) atoms. The Kier molecular flexibility index (Phi) is 4.91. The third-order valence-corrected chi connectivity index (χ3v) is 3.21. The van der Waals surface area contributed by atoms with E-state index < -0.39 is 0 Å². The van der Waals surface area contributed by atoms with Crippen LogP contribution < -0.4 is 15.8 Å². The molecule has 0 aliphatic carbocycles. The second kappa shape index (κ2) is 6.66. The minimum Gasteiger partial charge on any atom is -0.491 e. The standard InChI is InChI=1S/C15H24N2O2/c1-11(2)19-15-8-13(16)7-14(9-15)17-5-3-12-4-6-18-10-12/h7-9,11-12,17H,3-6,10,16H2,1-2H3. The van der Waals surface area contributed by atoms with Crippen molar-refractivity contribution in [3.05, 3.63) is 18.2 Å². The highest BCUT2D eigenvalue weighted by Gasteiger charge is 2.14. The zero-order chi connectivity index (χ0) is 13.7. The SMILES string of the molecule is CC(C)Oc1cc(N)cc(NCCC2CCOC2)c1. The highest BCUT2D eigenvalue weighted by Crippen LogP contribution is 2.24. The Hall–Kier alpha value is -1.42. The first-order valence-corrected chi connectivity index (χ1v) is 7.02. The monoisotopic (exact) mass is 264 g/mol. The van der Waals surface area contributed by atoms with Gasteiger partial charge in [-0.3, -0.25) is 0 Å². The van der Waals surface area contributed by atoms with E-state index in [1.165, 1.54) is 6.42 Å². The summed E-state index contributed by atoms with van der Waals surface area (Å²) in [6, 6.07) is 5.80. The first kappa shape index (κ1) is 14.0. The first-order chi connectivity index (χ1) is 9.13. The van der Waals surface area contributed by atoms with E-state index in [0.29, 0.717) is 5.92 Å². The number of anilines is 2. The topological polar surface area (TPSA) is 56.5 Å². The molecule has 1 saturated heterocycles. The number of nitrogen functional groups attached to an aromatic ring is 1. The molecule has 1 aliphatic heterocycles. The van der Waals surface area contributed by atoms with Crippen molar-refractivity contribution in [2.24, 2.45) is 5.92 Å². The van der Waals surface area contributed by atoms with Gasteiger partial charge >= 0.3 is 0 Å². The summed E-state index contributed by atoms with van der Waals surface area (Å²) < 4.78 is 11.0. The van der Waals surface area contributed by atoms with Crippen LogP contribution in [0.25, 0.3) is 0 Å². The van der Waals surface area contributed by atoms with Crippen LogP contribution in [0.3, 0.4) is 0 Å². The first-order valence-electron chi connectivity index (χ1n) is 7.02. The molecule has 4 heteroatoms. The van der Waals surface area contributed by atoms with Crippen LogP contribution in [0.15, 0.2) is 18.2 Å². The van der Waals surface area contributed by atoms with Crippen LogP contribution in [0.5, 0.6) is 5.75 Å². The number of hydrogen-bond acceptors (Lipinski definition) is 4. The highest BCUT2D eigenvalue weighted by molar-refractivity contribution is 5.59. The largest absolute Gasteiger partial charge is 0.491 e. The molecule has 0 aromatic heterocycles. The van der Waals surface area contributed by atoms with E-state index >= 15 is 0 Å². The molecule has 0 amide bonds. The van der Waals surface area contributed by atoms with Gasteiger partial charge in [0.2, 0.25) is 0 Å². The lowest BCUT2D eigenvalue weighted by atomic mass is 10.1. The molecule has 0 radical (unpaired) electrons. The second-order valence-corrected chi connectivity index (χ2v) is 5.40. The molecular weight excluding hydrogens is 240 g/mol. The van der Waals surface area contributed by atoms with Crippen molar-refractivity contribution in [2.45, 2.75) is 32.8 Å². The maximum absolute atomic E-state index is 5.89. The zero-order valence-corrected chi connectivity index (χ0v) is 11.8. The Morgan fingerprint density at radius 3 is 2.95 bits per heavy atom. The van der Waals surface area contributed by atoms with E-state index in [1.807, 2.05) is 32.0 Å². The van der Waals surface area contributed by atoms with Gasteiger partial charge in [0.1, 0.15) is 5.75 Å². The lowest BCUT2D eigenvalue weighted by Crippen LogP contribution is -2.10. The third kappa shape index (κ3) is 4.63. The lowest BCUT2D eigenvalue weighted by Gasteiger charge is -2.14. The Balaban J connectivity index is 1.86. The van der Waals surface area contributed by atoms with E-state index in [2.05, 4.69) is 5.32 Å². The molecule has 1 atom stereocenters. The Labute approximate surface area is 115 Å². The Morgan fingerprint density at radius 2 is 2.26 bits per heavy atom. The van der Waals surface area contributed by atoms with Crippen LogP contribution in [0.1, 0.15) is 26.7 Å². The van der Waals surface area contributed by atoms with Gasteiger partial charge in [-0.25, -0.2) is 0 Å². The molecule has 0 spiro atoms. The molecule has 1 aromatic carbocycles. The van der Waals surface area contributed by atoms with Gasteiger partial charge in [-0.2, -0.15) is 0 Å². The maximum atomic E-state index is 5.89. The molecule has 0 saturated carbocycles. The Morgan fingerprint density at radius 1 is 1.42 bits per heavy atom. The summed E-state index contributed by atoms with van der Waals surface area (Å²) >= 11 is 0. The van der Waals surface area contributed by atoms with E-state index in [1.54, 1.807) is 0 Å². The third-order valence-electron chi connectivity index (χ3n) is 3.21. The average molecular weight is 264 g/mol. The summed E-state index contributed by atoms with van der Waals surface area (Å²) in [6.45, 7) is 6.78. The minimum absolute atomic E-state index is 0.158. The van der Waals surface area contributed by atoms with Crippen LogP contribution in [0.4, 0.5) is 11.4 Å². The summed E-state index contributed by atoms with van der Waals surface area (Å²) in [5.74, 6) is 1.52. The van der Waals surface area contributed by atoms with E-state index in [9.17, 15) is 0 Å². The van der Waals surface area contributed by atoms with Crippen LogP contribution in [-0.4, -0.2) is 25.9 Å². The second-order valence-electron chi connectivity index (χ2n) is 5.40. The van der Waals surface area contributed by atoms with Crippen molar-refractivity contribution < 1.29 is 9.47 Å². The van der Waals surface area contributed by atoms with E-state index in [4.69, 9.17) is 15.2 Å². The van der Waals surface area contributed by atoms with Crippen molar-refractivity contribution in [2.75, 3.05) is 30.8 Å². The predicted molar refractivity (Wildman–Crippen MR) is 78.7 cm³/mol. The van der Waals surface area contributed by atoms with Crippen molar-refractivity contribution in [3.8, 4) is 5.75 Å². The van der Waals surface area contributed by atoms with Gasteiger partial charge in [-0.15, -0.1) is 0 Å². The average Bonchev–Trinajstić information content (AvgIpc) is 2.80. The number of benzene rings is 1. The highest BCUT2D eigenvalue weighted by atomic mass is 16.5. The molecule has 1 unspecified atom stereocenters. The number of nitrogens with one attached hydrogen (secondary N) is 1. The van der Waals surface area contributed by atoms with Crippen molar-refractivity contribution in [3.63, 3.8) is 0 Å². The molecule has 1 heterocycles. The van der Waals surface area contributed by atoms with Crippen LogP contribution in [0.2, 0.25) is 0 Å². The Bertz CT molecular complexity index is 401. The van der Waals surface area contributed by atoms with Gasteiger partial charge in [0.05, 0.1) is 6.10 Å². The fraction of sp³-hybridized carbons (Fsp3) is 0.600. The van der Waals surface area contributed by atoms with Crippen molar-refractivity contribution in [1.82, 2.24) is 0 Å². The fourth-order valence-electron chi connectivity index (χ4n) is 2.30. The molecule has 1 aromatic rings. The molecule has 4 nitrogen and oxygen atoms in total. The quantitative estimate of drug-likeness (QED) is 0.776. The molecule has 3 N–H and O–H groups in total. The lowest BCUT2D eigenvalue weighted by molar-refractivity contribution is 0.185. The van der Waals surface area contributed by atoms with Crippen LogP contribution in [0, 0.1) is 5.92 Å². The number of hydrogen-bond donors (Lipinski definition) is 2. The summed E-state index contributed by atoms with van der Waals surface area (Å²) in [5.41, 5.74) is 7.64. The maximum Gasteiger partial charge on any atom is 0.123 e. The number of ether oxygens (including phenoxy) is 2. The molecule has 2 rings (SSSR count). The number of rotatable bonds is 6. The van der Waals surface area contributed by atoms with E-state index in [-0.39, 0.29) is 6.10 Å². The summed E-state index contributed by atoms with van der Waals surface area (Å²) in [6.07, 6.45) is 2.47. The summed E-state index contributed by atoms with van der Waals surface area (Å²) in [7, 11) is 0. The smallest absolute Gasteiger partial charge is 0.123 e. The fourth-order valence-corrected chi connectivity index (χ4v) is 2.30. The molecule has 1 aliphatic rings. The van der Waals surface area contributed by atoms with Crippen LogP contribution in [-0.2, 0) is 4.74 Å². The zero-order valence-electron chi connectivity index (χ0n) is 11.8. The van der Waals surface area contributed by atoms with Gasteiger partial charge in [-0.05, 0) is 38.7 Å². The van der Waals surface area contributed by atoms with Gasteiger partial charge in [0, 0.05) is 43.3 Å². The van der Waals surface area contributed by atoms with Crippen molar-refractivity contribution >= 4 is 11.4 Å². The summed E-state index contributed by atoms with van der Waals surface area (Å²) in [5, 5.41) is 3.41. The normalized spacial score (nSPS) is 18.8.